The maximum absolute atomic E-state index is 13.8. The summed E-state index contributed by atoms with van der Waals surface area (Å²) < 4.78 is 8.13. The van der Waals surface area contributed by atoms with Gasteiger partial charge < -0.3 is 15.4 Å². The number of carbonyl (C=O) groups is 1. The van der Waals surface area contributed by atoms with Gasteiger partial charge in [-0.15, -0.1) is 5.10 Å². The van der Waals surface area contributed by atoms with Crippen LogP contribution in [0.15, 0.2) is 101 Å². The molecule has 1 aromatic heterocycles. The highest BCUT2D eigenvalue weighted by molar-refractivity contribution is 7.99. The predicted molar refractivity (Wildman–Crippen MR) is 152 cm³/mol. The van der Waals surface area contributed by atoms with Gasteiger partial charge in [-0.2, -0.15) is 4.98 Å². The first-order valence-corrected chi connectivity index (χ1v) is 13.8. The summed E-state index contributed by atoms with van der Waals surface area (Å²) in [5.74, 6) is 2.04. The highest BCUT2D eigenvalue weighted by atomic mass is 32.2. The number of unbranched alkanes of at least 4 members (excludes halogenated alkanes) is 1. The number of ether oxygens (including phenoxy) is 1. The number of nitrogens with zero attached hydrogens (tertiary/aromatic N) is 3. The van der Waals surface area contributed by atoms with Crippen molar-refractivity contribution in [3.05, 3.63) is 107 Å². The highest BCUT2D eigenvalue weighted by Gasteiger charge is 2.36. The van der Waals surface area contributed by atoms with Gasteiger partial charge in [0.1, 0.15) is 18.4 Å². The Balaban J connectivity index is 1.53. The first kappa shape index (κ1) is 25.6. The number of benzene rings is 3. The zero-order valence-electron chi connectivity index (χ0n) is 21.6. The molecular formula is C30H31N5O2S. The maximum atomic E-state index is 13.8. The zero-order chi connectivity index (χ0) is 26.3. The fraction of sp³-hybridized carbons (Fsp3) is 0.233. The third kappa shape index (κ3) is 5.75. The first-order valence-electron chi connectivity index (χ1n) is 12.8. The third-order valence-corrected chi connectivity index (χ3v) is 7.21. The van der Waals surface area contributed by atoms with Crippen LogP contribution in [-0.4, -0.2) is 26.4 Å². The summed E-state index contributed by atoms with van der Waals surface area (Å²) >= 11 is 1.63. The summed E-state index contributed by atoms with van der Waals surface area (Å²) in [6.45, 7) is 4.49. The minimum Gasteiger partial charge on any atom is -0.489 e. The van der Waals surface area contributed by atoms with E-state index in [2.05, 4.69) is 17.6 Å². The quantitative estimate of drug-likeness (QED) is 0.178. The van der Waals surface area contributed by atoms with Crippen molar-refractivity contribution < 1.29 is 9.53 Å². The fourth-order valence-corrected chi connectivity index (χ4v) is 5.29. The van der Waals surface area contributed by atoms with Crippen LogP contribution in [0.2, 0.25) is 0 Å². The lowest BCUT2D eigenvalue weighted by Gasteiger charge is -2.29. The molecule has 0 bridgehead atoms. The topological polar surface area (TPSA) is 81.1 Å². The van der Waals surface area contributed by atoms with Crippen molar-refractivity contribution in [2.75, 3.05) is 16.4 Å². The smallest absolute Gasteiger partial charge is 0.255 e. The molecule has 1 unspecified atom stereocenters. The number of fused-ring (bicyclic) bond motifs is 1. The number of anilines is 2. The van der Waals surface area contributed by atoms with E-state index in [1.807, 2.05) is 96.5 Å². The van der Waals surface area contributed by atoms with Crippen LogP contribution in [0, 0.1) is 0 Å². The fourth-order valence-electron chi connectivity index (χ4n) is 4.38. The molecule has 1 aliphatic rings. The number of amides is 1. The van der Waals surface area contributed by atoms with Gasteiger partial charge in [-0.1, -0.05) is 91.8 Å². The molecule has 0 fully saturated rings. The van der Waals surface area contributed by atoms with Crippen molar-refractivity contribution in [1.82, 2.24) is 14.8 Å². The van der Waals surface area contributed by atoms with Crippen LogP contribution in [0.3, 0.4) is 0 Å². The molecule has 1 atom stereocenters. The van der Waals surface area contributed by atoms with Gasteiger partial charge in [-0.3, -0.25) is 4.79 Å². The van der Waals surface area contributed by atoms with E-state index in [9.17, 15) is 4.79 Å². The molecule has 4 aromatic rings. The molecule has 0 radical (unpaired) electrons. The molecule has 7 nitrogen and oxygen atoms in total. The third-order valence-electron chi connectivity index (χ3n) is 6.29. The van der Waals surface area contributed by atoms with Crippen molar-refractivity contribution in [2.45, 2.75) is 44.5 Å². The molecule has 1 aliphatic heterocycles. The SMILES string of the molecule is CCCCSc1nc2n(n1)C(c1ccccc1OCc1ccccc1)C(C(=O)Nc1ccccc1)=C(C)N2. The van der Waals surface area contributed by atoms with Gasteiger partial charge in [0, 0.05) is 22.7 Å². The number of thioether (sulfide) groups is 1. The standard InChI is InChI=1S/C30H31N5O2S/c1-3-4-19-38-30-33-29-31-21(2)26(28(36)32-23-15-9-6-10-16-23)27(35(29)34-30)24-17-11-12-18-25(24)37-20-22-13-7-5-8-14-22/h5-18,27H,3-4,19-20H2,1-2H3,(H,32,36)(H,31,33,34). The van der Waals surface area contributed by atoms with E-state index in [-0.39, 0.29) is 5.91 Å². The molecule has 0 saturated heterocycles. The van der Waals surface area contributed by atoms with Crippen LogP contribution in [0.5, 0.6) is 5.75 Å². The van der Waals surface area contributed by atoms with Crippen LogP contribution in [0.4, 0.5) is 11.6 Å². The lowest BCUT2D eigenvalue weighted by Crippen LogP contribution is -2.31. The minimum atomic E-state index is -0.519. The Morgan fingerprint density at radius 1 is 1.03 bits per heavy atom. The summed E-state index contributed by atoms with van der Waals surface area (Å²) in [5.41, 5.74) is 3.93. The second kappa shape index (κ2) is 12.0. The van der Waals surface area contributed by atoms with Crippen LogP contribution in [0.1, 0.15) is 43.9 Å². The highest BCUT2D eigenvalue weighted by Crippen LogP contribution is 2.40. The van der Waals surface area contributed by atoms with Crippen LogP contribution < -0.4 is 15.4 Å². The van der Waals surface area contributed by atoms with Gasteiger partial charge in [-0.25, -0.2) is 4.68 Å². The number of aromatic nitrogens is 3. The molecule has 5 rings (SSSR count). The van der Waals surface area contributed by atoms with E-state index in [1.165, 1.54) is 0 Å². The van der Waals surface area contributed by atoms with Crippen molar-refractivity contribution in [2.24, 2.45) is 0 Å². The van der Waals surface area contributed by atoms with E-state index < -0.39 is 6.04 Å². The minimum absolute atomic E-state index is 0.203. The molecule has 0 spiro atoms. The van der Waals surface area contributed by atoms with E-state index in [0.29, 0.717) is 29.0 Å². The zero-order valence-corrected chi connectivity index (χ0v) is 22.4. The number of allylic oxidation sites excluding steroid dienone is 1. The Labute approximate surface area is 227 Å². The van der Waals surface area contributed by atoms with Crippen LogP contribution in [-0.2, 0) is 11.4 Å². The molecule has 194 valence electrons. The molecular weight excluding hydrogens is 494 g/mol. The summed E-state index contributed by atoms with van der Waals surface area (Å²) in [4.78, 5) is 18.5. The molecule has 8 heteroatoms. The Morgan fingerprint density at radius 2 is 1.74 bits per heavy atom. The summed E-state index contributed by atoms with van der Waals surface area (Å²) in [6.07, 6.45) is 2.20. The molecule has 2 heterocycles. The lowest BCUT2D eigenvalue weighted by atomic mass is 9.94. The monoisotopic (exact) mass is 525 g/mol. The average molecular weight is 526 g/mol. The predicted octanol–water partition coefficient (Wildman–Crippen LogP) is 6.68. The number of nitrogens with one attached hydrogen (secondary N) is 2. The molecule has 1 amide bonds. The summed E-state index contributed by atoms with van der Waals surface area (Å²) in [5, 5.41) is 11.9. The number of rotatable bonds is 10. The van der Waals surface area contributed by atoms with Crippen LogP contribution >= 0.6 is 11.8 Å². The van der Waals surface area contributed by atoms with Crippen molar-refractivity contribution in [1.29, 1.82) is 0 Å². The molecule has 38 heavy (non-hydrogen) atoms. The summed E-state index contributed by atoms with van der Waals surface area (Å²) in [6, 6.07) is 26.8. The molecule has 2 N–H and O–H groups in total. The number of carbonyl (C=O) groups excluding carboxylic acids is 1. The van der Waals surface area contributed by atoms with Crippen molar-refractivity contribution >= 4 is 29.3 Å². The number of hydrogen-bond acceptors (Lipinski definition) is 6. The first-order chi connectivity index (χ1) is 18.6. The van der Waals surface area contributed by atoms with Gasteiger partial charge in [0.2, 0.25) is 11.1 Å². The van der Waals surface area contributed by atoms with Crippen LogP contribution in [0.25, 0.3) is 0 Å². The Kier molecular flexibility index (Phi) is 8.09. The maximum Gasteiger partial charge on any atom is 0.255 e. The van der Waals surface area contributed by atoms with Gasteiger partial charge in [0.15, 0.2) is 0 Å². The lowest BCUT2D eigenvalue weighted by molar-refractivity contribution is -0.113. The number of para-hydroxylation sites is 2. The largest absolute Gasteiger partial charge is 0.489 e. The second-order valence-corrected chi connectivity index (χ2v) is 10.1. The van der Waals surface area contributed by atoms with E-state index in [1.54, 1.807) is 11.8 Å². The average Bonchev–Trinajstić information content (AvgIpc) is 3.34. The second-order valence-electron chi connectivity index (χ2n) is 9.06. The van der Waals surface area contributed by atoms with Gasteiger partial charge >= 0.3 is 0 Å². The molecule has 0 saturated carbocycles. The Hall–Kier alpha value is -4.04. The Bertz CT molecular complexity index is 1420. The van der Waals surface area contributed by atoms with Gasteiger partial charge in [0.05, 0.1) is 5.57 Å². The molecule has 3 aromatic carbocycles. The molecule has 0 aliphatic carbocycles. The number of hydrogen-bond donors (Lipinski definition) is 2. The van der Waals surface area contributed by atoms with E-state index in [0.717, 1.165) is 41.1 Å². The Morgan fingerprint density at radius 3 is 2.50 bits per heavy atom. The van der Waals surface area contributed by atoms with E-state index >= 15 is 0 Å². The van der Waals surface area contributed by atoms with Gasteiger partial charge in [-0.05, 0) is 37.1 Å². The van der Waals surface area contributed by atoms with Crippen molar-refractivity contribution in [3.8, 4) is 5.75 Å². The van der Waals surface area contributed by atoms with Crippen molar-refractivity contribution in [3.63, 3.8) is 0 Å². The van der Waals surface area contributed by atoms with Gasteiger partial charge in [0.25, 0.3) is 5.91 Å². The van der Waals surface area contributed by atoms with E-state index in [4.69, 9.17) is 14.8 Å². The summed E-state index contributed by atoms with van der Waals surface area (Å²) in [7, 11) is 0. The normalized spacial score (nSPS) is 14.5.